The Kier molecular flexibility index (Phi) is 4.07. The van der Waals surface area contributed by atoms with Crippen molar-refractivity contribution in [3.05, 3.63) is 42.0 Å². The van der Waals surface area contributed by atoms with Crippen molar-refractivity contribution in [3.63, 3.8) is 0 Å². The van der Waals surface area contributed by atoms with Gasteiger partial charge in [0.1, 0.15) is 11.6 Å². The quantitative estimate of drug-likeness (QED) is 0.844. The molecule has 0 fully saturated rings. The van der Waals surface area contributed by atoms with Gasteiger partial charge in [0.15, 0.2) is 0 Å². The van der Waals surface area contributed by atoms with Gasteiger partial charge < -0.3 is 15.6 Å². The smallest absolute Gasteiger partial charge is 0.146 e. The fourth-order valence-electron chi connectivity index (χ4n) is 1.85. The van der Waals surface area contributed by atoms with Crippen molar-refractivity contribution >= 4 is 0 Å². The highest BCUT2D eigenvalue weighted by atomic mass is 19.1. The lowest BCUT2D eigenvalue weighted by atomic mass is 10.0. The largest absolute Gasteiger partial charge is 0.361 e. The van der Waals surface area contributed by atoms with E-state index in [1.54, 1.807) is 18.3 Å². The number of likely N-dealkylation sites (N-methyl/N-ethyl adjacent to an activating group) is 1. The van der Waals surface area contributed by atoms with Crippen LogP contribution in [0.25, 0.3) is 11.1 Å². The fraction of sp³-hybridized carbons (Fsp3) is 0.308. The lowest BCUT2D eigenvalue weighted by Crippen LogP contribution is -2.33. The first-order valence-electron chi connectivity index (χ1n) is 5.80. The molecule has 0 aliphatic rings. The molecule has 0 amide bonds. The number of rotatable bonds is 5. The highest BCUT2D eigenvalue weighted by molar-refractivity contribution is 5.64. The summed E-state index contributed by atoms with van der Waals surface area (Å²) in [6.07, 6.45) is 2.22. The van der Waals surface area contributed by atoms with Crippen LogP contribution in [0.5, 0.6) is 0 Å². The number of aromatic nitrogens is 1. The standard InChI is InChI=1S/C13H16FN3O/c1-16-7-11(15)6-13-12(8-17-18-13)9-2-4-10(14)5-3-9/h2-5,8,11,16H,6-7,15H2,1H3. The fourth-order valence-corrected chi connectivity index (χ4v) is 1.85. The zero-order valence-corrected chi connectivity index (χ0v) is 10.2. The minimum absolute atomic E-state index is 0.0397. The van der Waals surface area contributed by atoms with Crippen molar-refractivity contribution < 1.29 is 8.91 Å². The van der Waals surface area contributed by atoms with Crippen LogP contribution >= 0.6 is 0 Å². The molecule has 0 aliphatic carbocycles. The molecule has 0 saturated heterocycles. The minimum Gasteiger partial charge on any atom is -0.361 e. The second-order valence-electron chi connectivity index (χ2n) is 4.19. The summed E-state index contributed by atoms with van der Waals surface area (Å²) in [6, 6.07) is 6.20. The lowest BCUT2D eigenvalue weighted by molar-refractivity contribution is 0.373. The first-order valence-corrected chi connectivity index (χ1v) is 5.80. The van der Waals surface area contributed by atoms with Gasteiger partial charge in [-0.3, -0.25) is 0 Å². The summed E-state index contributed by atoms with van der Waals surface area (Å²) < 4.78 is 18.1. The molecule has 5 heteroatoms. The number of nitrogens with one attached hydrogen (secondary N) is 1. The summed E-state index contributed by atoms with van der Waals surface area (Å²) in [7, 11) is 1.85. The van der Waals surface area contributed by atoms with Gasteiger partial charge in [-0.2, -0.15) is 0 Å². The Hall–Kier alpha value is -1.72. The zero-order chi connectivity index (χ0) is 13.0. The second-order valence-corrected chi connectivity index (χ2v) is 4.19. The molecule has 2 rings (SSSR count). The Morgan fingerprint density at radius 1 is 1.39 bits per heavy atom. The summed E-state index contributed by atoms with van der Waals surface area (Å²) in [5.74, 6) is 0.466. The number of hydrogen-bond acceptors (Lipinski definition) is 4. The summed E-state index contributed by atoms with van der Waals surface area (Å²) in [5, 5.41) is 6.80. The maximum Gasteiger partial charge on any atom is 0.146 e. The van der Waals surface area contributed by atoms with Crippen LogP contribution in [0.15, 0.2) is 35.0 Å². The monoisotopic (exact) mass is 249 g/mol. The second kappa shape index (κ2) is 5.75. The third kappa shape index (κ3) is 2.94. The van der Waals surface area contributed by atoms with Gasteiger partial charge in [0.05, 0.1) is 6.20 Å². The van der Waals surface area contributed by atoms with E-state index in [-0.39, 0.29) is 11.9 Å². The van der Waals surface area contributed by atoms with Crippen molar-refractivity contribution in [2.75, 3.05) is 13.6 Å². The Labute approximate surface area is 105 Å². The molecular weight excluding hydrogens is 233 g/mol. The van der Waals surface area contributed by atoms with E-state index in [4.69, 9.17) is 10.3 Å². The molecule has 2 aromatic rings. The van der Waals surface area contributed by atoms with Crippen molar-refractivity contribution in [2.24, 2.45) is 5.73 Å². The molecule has 4 nitrogen and oxygen atoms in total. The first-order chi connectivity index (χ1) is 8.70. The summed E-state index contributed by atoms with van der Waals surface area (Å²) >= 11 is 0. The van der Waals surface area contributed by atoms with Crippen LogP contribution in [-0.4, -0.2) is 24.8 Å². The van der Waals surface area contributed by atoms with E-state index in [9.17, 15) is 4.39 Å². The topological polar surface area (TPSA) is 64.1 Å². The van der Waals surface area contributed by atoms with Crippen LogP contribution in [0.4, 0.5) is 4.39 Å². The van der Waals surface area contributed by atoms with E-state index in [0.29, 0.717) is 13.0 Å². The maximum absolute atomic E-state index is 12.9. The molecule has 0 saturated carbocycles. The van der Waals surface area contributed by atoms with Gasteiger partial charge in [-0.25, -0.2) is 4.39 Å². The molecule has 1 unspecified atom stereocenters. The maximum atomic E-state index is 12.9. The minimum atomic E-state index is -0.261. The normalized spacial score (nSPS) is 12.6. The van der Waals surface area contributed by atoms with E-state index in [1.807, 2.05) is 7.05 Å². The highest BCUT2D eigenvalue weighted by Crippen LogP contribution is 2.24. The first kappa shape index (κ1) is 12.7. The van der Waals surface area contributed by atoms with Crippen molar-refractivity contribution in [2.45, 2.75) is 12.5 Å². The number of halogens is 1. The highest BCUT2D eigenvalue weighted by Gasteiger charge is 2.13. The number of nitrogens with zero attached hydrogens (tertiary/aromatic N) is 1. The van der Waals surface area contributed by atoms with Crippen LogP contribution in [0.1, 0.15) is 5.76 Å². The Bertz CT molecular complexity index is 495. The van der Waals surface area contributed by atoms with Gasteiger partial charge in [0.25, 0.3) is 0 Å². The zero-order valence-electron chi connectivity index (χ0n) is 10.2. The molecule has 1 aromatic heterocycles. The van der Waals surface area contributed by atoms with Crippen LogP contribution < -0.4 is 11.1 Å². The predicted octanol–water partition coefficient (Wildman–Crippen LogP) is 1.57. The van der Waals surface area contributed by atoms with Crippen LogP contribution in [0.2, 0.25) is 0 Å². The Morgan fingerprint density at radius 2 is 2.11 bits per heavy atom. The van der Waals surface area contributed by atoms with Gasteiger partial charge in [0.2, 0.25) is 0 Å². The molecule has 1 aromatic carbocycles. The van der Waals surface area contributed by atoms with Crippen LogP contribution in [0, 0.1) is 5.82 Å². The molecule has 0 spiro atoms. The van der Waals surface area contributed by atoms with E-state index in [0.717, 1.165) is 16.9 Å². The molecule has 1 atom stereocenters. The van der Waals surface area contributed by atoms with E-state index in [1.165, 1.54) is 12.1 Å². The molecular formula is C13H16FN3O. The van der Waals surface area contributed by atoms with Crippen molar-refractivity contribution in [3.8, 4) is 11.1 Å². The molecule has 0 aliphatic heterocycles. The van der Waals surface area contributed by atoms with Crippen molar-refractivity contribution in [1.29, 1.82) is 0 Å². The van der Waals surface area contributed by atoms with Gasteiger partial charge in [0, 0.05) is 24.6 Å². The van der Waals surface area contributed by atoms with Gasteiger partial charge in [-0.15, -0.1) is 0 Å². The van der Waals surface area contributed by atoms with E-state index < -0.39 is 0 Å². The molecule has 3 N–H and O–H groups in total. The average molecular weight is 249 g/mol. The summed E-state index contributed by atoms with van der Waals surface area (Å²) in [6.45, 7) is 0.698. The molecule has 0 bridgehead atoms. The number of benzene rings is 1. The predicted molar refractivity (Wildman–Crippen MR) is 67.5 cm³/mol. The molecule has 18 heavy (non-hydrogen) atoms. The van der Waals surface area contributed by atoms with Crippen molar-refractivity contribution in [1.82, 2.24) is 10.5 Å². The van der Waals surface area contributed by atoms with Crippen LogP contribution in [-0.2, 0) is 6.42 Å². The Morgan fingerprint density at radius 3 is 2.78 bits per heavy atom. The SMILES string of the molecule is CNCC(N)Cc1oncc1-c1ccc(F)cc1. The van der Waals surface area contributed by atoms with E-state index >= 15 is 0 Å². The summed E-state index contributed by atoms with van der Waals surface area (Å²) in [5.41, 5.74) is 7.68. The molecule has 96 valence electrons. The average Bonchev–Trinajstić information content (AvgIpc) is 2.78. The van der Waals surface area contributed by atoms with E-state index in [2.05, 4.69) is 10.5 Å². The van der Waals surface area contributed by atoms with Crippen LogP contribution in [0.3, 0.4) is 0 Å². The third-order valence-electron chi connectivity index (χ3n) is 2.71. The lowest BCUT2D eigenvalue weighted by Gasteiger charge is -2.09. The number of hydrogen-bond donors (Lipinski definition) is 2. The third-order valence-corrected chi connectivity index (χ3v) is 2.71. The Balaban J connectivity index is 2.19. The molecule has 0 radical (unpaired) electrons. The molecule has 1 heterocycles. The van der Waals surface area contributed by atoms with Gasteiger partial charge in [-0.05, 0) is 24.7 Å². The number of nitrogens with two attached hydrogens (primary N) is 1. The van der Waals surface area contributed by atoms with Gasteiger partial charge >= 0.3 is 0 Å². The van der Waals surface area contributed by atoms with Gasteiger partial charge in [-0.1, -0.05) is 17.3 Å². The summed E-state index contributed by atoms with van der Waals surface area (Å²) in [4.78, 5) is 0.